The van der Waals surface area contributed by atoms with Gasteiger partial charge in [0.05, 0.1) is 39.1 Å². The van der Waals surface area contributed by atoms with E-state index in [1.165, 1.54) is 36.0 Å². The van der Waals surface area contributed by atoms with Gasteiger partial charge in [0.2, 0.25) is 0 Å². The number of nitrogens with zero attached hydrogens (tertiary/aromatic N) is 1. The monoisotopic (exact) mass is 518 g/mol. The first-order valence-electron chi connectivity index (χ1n) is 12.5. The van der Waals surface area contributed by atoms with E-state index in [0.29, 0.717) is 0 Å². The van der Waals surface area contributed by atoms with E-state index >= 15 is 0 Å². The fourth-order valence-electron chi connectivity index (χ4n) is 4.95. The number of thiazole rings is 1. The summed E-state index contributed by atoms with van der Waals surface area (Å²) in [6.07, 6.45) is 11.1. The zero-order valence-electron chi connectivity index (χ0n) is 21.2. The summed E-state index contributed by atoms with van der Waals surface area (Å²) in [5, 5.41) is 3.46. The van der Waals surface area contributed by atoms with Crippen molar-refractivity contribution in [3.8, 4) is 10.6 Å². The molecule has 2 aromatic heterocycles. The number of rotatable bonds is 3. The molecule has 3 nitrogen and oxygen atoms in total. The summed E-state index contributed by atoms with van der Waals surface area (Å²) in [6.45, 7) is 8.41. The molecule has 3 aromatic carbocycles. The van der Waals surface area contributed by atoms with E-state index in [4.69, 9.17) is 14.3 Å². The lowest BCUT2D eigenvalue weighted by Crippen LogP contribution is -2.41. The summed E-state index contributed by atoms with van der Waals surface area (Å²) in [5.41, 5.74) is 4.89. The quantitative estimate of drug-likeness (QED) is 0.179. The Morgan fingerprint density at radius 2 is 1.59 bits per heavy atom. The molecule has 3 heterocycles. The van der Waals surface area contributed by atoms with E-state index in [-0.39, 0.29) is 11.2 Å². The van der Waals surface area contributed by atoms with E-state index in [1.807, 2.05) is 23.5 Å². The van der Waals surface area contributed by atoms with Crippen molar-refractivity contribution in [3.05, 3.63) is 90.5 Å². The highest BCUT2D eigenvalue weighted by atomic mass is 32.1. The van der Waals surface area contributed by atoms with Gasteiger partial charge in [0.25, 0.3) is 0 Å². The minimum atomic E-state index is -0.394. The van der Waals surface area contributed by atoms with Gasteiger partial charge in [-0.15, -0.1) is 22.7 Å². The van der Waals surface area contributed by atoms with Crippen LogP contribution in [0.25, 0.3) is 46.5 Å². The van der Waals surface area contributed by atoms with E-state index in [0.717, 1.165) is 21.6 Å². The largest absolute Gasteiger partial charge is 0.495 e. The maximum absolute atomic E-state index is 6.43. The number of aromatic nitrogens is 1. The molecule has 0 spiro atoms. The Morgan fingerprint density at radius 1 is 0.838 bits per heavy atom. The van der Waals surface area contributed by atoms with Crippen molar-refractivity contribution in [2.45, 2.75) is 38.9 Å². The number of thiophene rings is 1. The molecule has 1 saturated heterocycles. The van der Waals surface area contributed by atoms with Gasteiger partial charge in [0.15, 0.2) is 0 Å². The van der Waals surface area contributed by atoms with Crippen LogP contribution in [0.4, 0.5) is 0 Å². The maximum Gasteiger partial charge on any atom is 0.495 e. The third-order valence-corrected chi connectivity index (χ3v) is 9.91. The van der Waals surface area contributed by atoms with E-state index < -0.39 is 7.12 Å². The Bertz CT molecular complexity index is 1770. The molecule has 2 aliphatic rings. The highest BCUT2D eigenvalue weighted by Crippen LogP contribution is 2.41. The molecule has 1 aliphatic carbocycles. The number of hydrogen-bond acceptors (Lipinski definition) is 5. The second-order valence-corrected chi connectivity index (χ2v) is 12.7. The summed E-state index contributed by atoms with van der Waals surface area (Å²) in [7, 11) is -0.394. The fraction of sp³-hybridized carbons (Fsp3) is 0.194. The Morgan fingerprint density at radius 3 is 2.32 bits per heavy atom. The molecule has 0 unspecified atom stereocenters. The number of allylic oxidation sites excluding steroid dienone is 6. The molecule has 7 rings (SSSR count). The van der Waals surface area contributed by atoms with Crippen LogP contribution in [0.2, 0.25) is 0 Å². The van der Waals surface area contributed by atoms with Crippen LogP contribution >= 0.6 is 22.7 Å². The second kappa shape index (κ2) is 8.19. The van der Waals surface area contributed by atoms with Crippen molar-refractivity contribution < 1.29 is 9.31 Å². The minimum Gasteiger partial charge on any atom is -0.399 e. The van der Waals surface area contributed by atoms with Gasteiger partial charge in [0, 0.05) is 37.4 Å². The summed E-state index contributed by atoms with van der Waals surface area (Å²) in [6, 6.07) is 19.6. The highest BCUT2D eigenvalue weighted by Gasteiger charge is 2.52. The van der Waals surface area contributed by atoms with Gasteiger partial charge in [-0.3, -0.25) is 0 Å². The van der Waals surface area contributed by atoms with E-state index in [2.05, 4.69) is 101 Å². The molecule has 37 heavy (non-hydrogen) atoms. The standard InChI is InChI=1S/C31H25BNO2S2/c1-30(2)31(3,4)35-32(34-30)23-11-8-12-25-28(23)22-17-24-27(18-26(22)36-25)37-29(33-24)21-15-13-20(14-16-21)19-9-6-5-7-10-19/h6-18H,1-4H3/q+1. The molecule has 0 radical (unpaired) electrons. The Kier molecular flexibility index (Phi) is 5.10. The van der Waals surface area contributed by atoms with E-state index in [1.54, 1.807) is 11.3 Å². The van der Waals surface area contributed by atoms with Gasteiger partial charge >= 0.3 is 7.12 Å². The van der Waals surface area contributed by atoms with Crippen LogP contribution in [0.1, 0.15) is 33.3 Å². The summed E-state index contributed by atoms with van der Waals surface area (Å²) in [5.74, 6) is 0. The van der Waals surface area contributed by atoms with Gasteiger partial charge in [-0.05, 0) is 51.4 Å². The van der Waals surface area contributed by atoms with Crippen molar-refractivity contribution in [2.24, 2.45) is 0 Å². The lowest BCUT2D eigenvalue weighted by molar-refractivity contribution is 0.00578. The molecule has 0 amide bonds. The third-order valence-electron chi connectivity index (χ3n) is 7.73. The first-order chi connectivity index (χ1) is 17.8. The molecule has 6 heteroatoms. The number of fused-ring (bicyclic) bond motifs is 4. The molecule has 1 aliphatic heterocycles. The first-order valence-corrected chi connectivity index (χ1v) is 14.1. The molecule has 0 atom stereocenters. The van der Waals surface area contributed by atoms with Gasteiger partial charge in [-0.2, -0.15) is 0 Å². The van der Waals surface area contributed by atoms with Crippen LogP contribution in [0.5, 0.6) is 0 Å². The number of benzene rings is 3. The predicted octanol–water partition coefficient (Wildman–Crippen LogP) is 7.94. The first kappa shape index (κ1) is 23.0. The molecule has 0 saturated carbocycles. The Hall–Kier alpha value is -3.12. The van der Waals surface area contributed by atoms with Crippen molar-refractivity contribution in [3.63, 3.8) is 0 Å². The van der Waals surface area contributed by atoms with Gasteiger partial charge in [0.1, 0.15) is 17.2 Å². The van der Waals surface area contributed by atoms with Crippen molar-refractivity contribution in [2.75, 3.05) is 0 Å². The molecule has 1 fully saturated rings. The molecular formula is C31H25BNO2S2+. The lowest BCUT2D eigenvalue weighted by Gasteiger charge is -2.32. The highest BCUT2D eigenvalue weighted by molar-refractivity contribution is 7.27. The fourth-order valence-corrected chi connectivity index (χ4v) is 7.18. The topological polar surface area (TPSA) is 31.4 Å². The lowest BCUT2D eigenvalue weighted by atomic mass is 9.76. The predicted molar refractivity (Wildman–Crippen MR) is 159 cm³/mol. The van der Waals surface area contributed by atoms with Gasteiger partial charge in [-0.1, -0.05) is 36.4 Å². The van der Waals surface area contributed by atoms with Crippen molar-refractivity contribution in [1.82, 2.24) is 4.98 Å². The van der Waals surface area contributed by atoms with Crippen LogP contribution in [0.3, 0.4) is 0 Å². The molecule has 0 N–H and O–H groups in total. The van der Waals surface area contributed by atoms with Gasteiger partial charge in [-0.25, -0.2) is 4.98 Å². The van der Waals surface area contributed by atoms with Crippen LogP contribution in [0, 0.1) is 6.08 Å². The second-order valence-electron chi connectivity index (χ2n) is 10.6. The summed E-state index contributed by atoms with van der Waals surface area (Å²) >= 11 is 3.57. The Labute approximate surface area is 224 Å². The summed E-state index contributed by atoms with van der Waals surface area (Å²) < 4.78 is 16.6. The average molecular weight is 518 g/mol. The van der Waals surface area contributed by atoms with E-state index in [9.17, 15) is 0 Å². The zero-order chi connectivity index (χ0) is 25.4. The average Bonchev–Trinajstić information content (AvgIpc) is 3.53. The van der Waals surface area contributed by atoms with Crippen LogP contribution < -0.4 is 5.46 Å². The molecule has 5 aromatic rings. The normalized spacial score (nSPS) is 18.2. The molecular weight excluding hydrogens is 493 g/mol. The zero-order valence-corrected chi connectivity index (χ0v) is 22.8. The number of hydrogen-bond donors (Lipinski definition) is 0. The molecule has 180 valence electrons. The van der Waals surface area contributed by atoms with Crippen LogP contribution in [-0.4, -0.2) is 23.3 Å². The van der Waals surface area contributed by atoms with Gasteiger partial charge < -0.3 is 9.31 Å². The maximum atomic E-state index is 6.43. The molecule has 0 bridgehead atoms. The van der Waals surface area contributed by atoms with Crippen LogP contribution in [0.15, 0.2) is 78.9 Å². The third kappa shape index (κ3) is 3.72. The van der Waals surface area contributed by atoms with Crippen LogP contribution in [-0.2, 0) is 9.31 Å². The minimum absolute atomic E-state index is 0.378. The Balaban J connectivity index is 1.30. The smallest absolute Gasteiger partial charge is 0.399 e. The van der Waals surface area contributed by atoms with Crippen molar-refractivity contribution in [1.29, 1.82) is 0 Å². The SMILES string of the molecule is CC1(C)OB(c2cccc3sc4cc5sc(-c6ccc(C7=CC=[C+]C=C7)cc6)nc5cc4c23)OC1(C)C. The summed E-state index contributed by atoms with van der Waals surface area (Å²) in [4.78, 5) is 5.05. The van der Waals surface area contributed by atoms with Crippen molar-refractivity contribution >= 4 is 71.2 Å².